The van der Waals surface area contributed by atoms with Crippen LogP contribution in [-0.2, 0) is 52.2 Å². The standard InChI is InChI=1S/C31H48O12S/c1-29-7-9-31(10-8-29)44(32,33)43-28-26-41-24-22-39-20-18-37-16-14-35-12-11-34-13-15-36-17-19-38-21-23-40-25-27-42-30-5-3-2-4-6-30/h2-10H,11-28H2,1H3. The second kappa shape index (κ2) is 26.1. The van der Waals surface area contributed by atoms with E-state index in [-0.39, 0.29) is 18.1 Å². The molecule has 0 aliphatic heterocycles. The van der Waals surface area contributed by atoms with Crippen molar-refractivity contribution in [2.45, 2.75) is 11.8 Å². The van der Waals surface area contributed by atoms with E-state index in [1.54, 1.807) is 12.1 Å². The largest absolute Gasteiger partial charge is 0.491 e. The topological polar surface area (TPSA) is 126 Å². The first-order chi connectivity index (χ1) is 21.6. The van der Waals surface area contributed by atoms with Gasteiger partial charge in [0.2, 0.25) is 0 Å². The summed E-state index contributed by atoms with van der Waals surface area (Å²) in [6, 6.07) is 16.1. The van der Waals surface area contributed by atoms with Gasteiger partial charge in [0.05, 0.1) is 117 Å². The smallest absolute Gasteiger partial charge is 0.297 e. The SMILES string of the molecule is Cc1ccc(S(=O)(=O)OCCOCCOCCOCCOCCOCCOCCOCCOCCOc2ccccc2)cc1. The lowest BCUT2D eigenvalue weighted by Crippen LogP contribution is -2.15. The van der Waals surface area contributed by atoms with Crippen LogP contribution in [0.4, 0.5) is 0 Å². The third kappa shape index (κ3) is 20.7. The second-order valence-corrected chi connectivity index (χ2v) is 10.8. The van der Waals surface area contributed by atoms with Crippen LogP contribution in [0.3, 0.4) is 0 Å². The van der Waals surface area contributed by atoms with Gasteiger partial charge in [-0.25, -0.2) is 0 Å². The predicted molar refractivity (Wildman–Crippen MR) is 163 cm³/mol. The Kier molecular flexibility index (Phi) is 22.5. The Morgan fingerprint density at radius 2 is 0.773 bits per heavy atom. The van der Waals surface area contributed by atoms with Crippen LogP contribution in [0.5, 0.6) is 5.75 Å². The highest BCUT2D eigenvalue weighted by molar-refractivity contribution is 7.86. The van der Waals surface area contributed by atoms with Gasteiger partial charge in [-0.2, -0.15) is 8.42 Å². The Hall–Kier alpha value is -2.17. The van der Waals surface area contributed by atoms with E-state index in [0.717, 1.165) is 11.3 Å². The summed E-state index contributed by atoms with van der Waals surface area (Å²) < 4.78 is 78.1. The lowest BCUT2D eigenvalue weighted by atomic mass is 10.2. The fraction of sp³-hybridized carbons (Fsp3) is 0.613. The molecule has 0 heterocycles. The van der Waals surface area contributed by atoms with E-state index in [0.29, 0.717) is 106 Å². The average molecular weight is 645 g/mol. The molecular weight excluding hydrogens is 596 g/mol. The van der Waals surface area contributed by atoms with Gasteiger partial charge in [0.25, 0.3) is 10.1 Å². The molecular formula is C31H48O12S. The zero-order valence-corrected chi connectivity index (χ0v) is 26.5. The first-order valence-corrected chi connectivity index (χ1v) is 16.2. The van der Waals surface area contributed by atoms with E-state index < -0.39 is 10.1 Å². The van der Waals surface area contributed by atoms with Gasteiger partial charge in [-0.3, -0.25) is 4.18 Å². The minimum atomic E-state index is -3.77. The number of ether oxygens (including phenoxy) is 9. The van der Waals surface area contributed by atoms with Gasteiger partial charge >= 0.3 is 0 Å². The summed E-state index contributed by atoms with van der Waals surface area (Å²) in [5, 5.41) is 0. The number of benzene rings is 2. The minimum absolute atomic E-state index is 0.0573. The molecule has 0 spiro atoms. The summed E-state index contributed by atoms with van der Waals surface area (Å²) in [7, 11) is -3.77. The number of aryl methyl sites for hydroxylation is 1. The summed E-state index contributed by atoms with van der Waals surface area (Å²) >= 11 is 0. The summed E-state index contributed by atoms with van der Waals surface area (Å²) in [5.41, 5.74) is 0.976. The van der Waals surface area contributed by atoms with Gasteiger partial charge in [0, 0.05) is 0 Å². The zero-order valence-electron chi connectivity index (χ0n) is 25.7. The molecule has 0 aliphatic carbocycles. The van der Waals surface area contributed by atoms with Crippen LogP contribution in [0.1, 0.15) is 5.56 Å². The van der Waals surface area contributed by atoms with Crippen molar-refractivity contribution in [2.24, 2.45) is 0 Å². The van der Waals surface area contributed by atoms with Crippen LogP contribution in [0.15, 0.2) is 59.5 Å². The Morgan fingerprint density at radius 1 is 0.432 bits per heavy atom. The van der Waals surface area contributed by atoms with Gasteiger partial charge in [-0.1, -0.05) is 35.9 Å². The van der Waals surface area contributed by atoms with Crippen molar-refractivity contribution < 1.29 is 55.2 Å². The van der Waals surface area contributed by atoms with E-state index in [2.05, 4.69) is 0 Å². The molecule has 13 heteroatoms. The average Bonchev–Trinajstić information content (AvgIpc) is 3.03. The van der Waals surface area contributed by atoms with Crippen LogP contribution in [-0.4, -0.2) is 127 Å². The Balaban J connectivity index is 1.20. The Labute approximate surface area is 261 Å². The molecule has 0 N–H and O–H groups in total. The molecule has 250 valence electrons. The number of hydrogen-bond acceptors (Lipinski definition) is 12. The molecule has 2 aromatic rings. The molecule has 2 aromatic carbocycles. The van der Waals surface area contributed by atoms with Gasteiger partial charge in [0.15, 0.2) is 0 Å². The van der Waals surface area contributed by atoms with Crippen molar-refractivity contribution in [3.63, 3.8) is 0 Å². The van der Waals surface area contributed by atoms with Crippen molar-refractivity contribution in [3.8, 4) is 5.75 Å². The quantitative estimate of drug-likeness (QED) is 0.0917. The van der Waals surface area contributed by atoms with E-state index >= 15 is 0 Å². The van der Waals surface area contributed by atoms with Crippen molar-refractivity contribution in [2.75, 3.05) is 119 Å². The molecule has 44 heavy (non-hydrogen) atoms. The Bertz CT molecular complexity index is 1020. The van der Waals surface area contributed by atoms with E-state index in [1.807, 2.05) is 37.3 Å². The third-order valence-electron chi connectivity index (χ3n) is 5.62. The molecule has 0 aliphatic rings. The highest BCUT2D eigenvalue weighted by atomic mass is 32.2. The number of para-hydroxylation sites is 1. The molecule has 0 saturated heterocycles. The van der Waals surface area contributed by atoms with Gasteiger partial charge in [0.1, 0.15) is 12.4 Å². The van der Waals surface area contributed by atoms with Crippen LogP contribution >= 0.6 is 0 Å². The first-order valence-electron chi connectivity index (χ1n) is 14.8. The lowest BCUT2D eigenvalue weighted by Gasteiger charge is -2.09. The van der Waals surface area contributed by atoms with Crippen LogP contribution in [0.25, 0.3) is 0 Å². The number of hydrogen-bond donors (Lipinski definition) is 0. The van der Waals surface area contributed by atoms with Gasteiger partial charge in [-0.15, -0.1) is 0 Å². The monoisotopic (exact) mass is 644 g/mol. The van der Waals surface area contributed by atoms with Crippen LogP contribution in [0.2, 0.25) is 0 Å². The van der Waals surface area contributed by atoms with Gasteiger partial charge < -0.3 is 42.6 Å². The second-order valence-electron chi connectivity index (χ2n) is 9.15. The maximum atomic E-state index is 12.1. The highest BCUT2D eigenvalue weighted by Gasteiger charge is 2.14. The van der Waals surface area contributed by atoms with E-state index in [4.69, 9.17) is 46.8 Å². The molecule has 0 saturated carbocycles. The molecule has 0 unspecified atom stereocenters. The lowest BCUT2D eigenvalue weighted by molar-refractivity contribution is -0.0240. The molecule has 0 bridgehead atoms. The molecule has 0 aromatic heterocycles. The summed E-state index contributed by atoms with van der Waals surface area (Å²) in [5.74, 6) is 0.836. The summed E-state index contributed by atoms with van der Waals surface area (Å²) in [6.07, 6.45) is 0. The fourth-order valence-electron chi connectivity index (χ4n) is 3.35. The van der Waals surface area contributed by atoms with Crippen molar-refractivity contribution >= 4 is 10.1 Å². The molecule has 0 radical (unpaired) electrons. The van der Waals surface area contributed by atoms with Crippen LogP contribution < -0.4 is 4.74 Å². The number of rotatable bonds is 30. The van der Waals surface area contributed by atoms with Crippen molar-refractivity contribution in [1.29, 1.82) is 0 Å². The third-order valence-corrected chi connectivity index (χ3v) is 6.95. The van der Waals surface area contributed by atoms with E-state index in [9.17, 15) is 8.42 Å². The van der Waals surface area contributed by atoms with Crippen LogP contribution in [0, 0.1) is 6.92 Å². The minimum Gasteiger partial charge on any atom is -0.491 e. The molecule has 0 atom stereocenters. The molecule has 0 fully saturated rings. The van der Waals surface area contributed by atoms with Crippen molar-refractivity contribution in [3.05, 3.63) is 60.2 Å². The fourth-order valence-corrected chi connectivity index (χ4v) is 4.25. The van der Waals surface area contributed by atoms with Crippen molar-refractivity contribution in [1.82, 2.24) is 0 Å². The zero-order chi connectivity index (χ0) is 31.4. The summed E-state index contributed by atoms with van der Waals surface area (Å²) in [6.45, 7) is 9.48. The normalized spacial score (nSPS) is 11.7. The maximum absolute atomic E-state index is 12.1. The molecule has 2 rings (SSSR count). The predicted octanol–water partition coefficient (Wildman–Crippen LogP) is 2.91. The first kappa shape index (κ1) is 38.0. The molecule has 12 nitrogen and oxygen atoms in total. The Morgan fingerprint density at radius 3 is 1.16 bits per heavy atom. The summed E-state index contributed by atoms with van der Waals surface area (Å²) in [4.78, 5) is 0.129. The molecule has 0 amide bonds. The highest BCUT2D eigenvalue weighted by Crippen LogP contribution is 2.13. The van der Waals surface area contributed by atoms with Gasteiger partial charge in [-0.05, 0) is 31.2 Å². The maximum Gasteiger partial charge on any atom is 0.297 e. The van der Waals surface area contributed by atoms with E-state index in [1.165, 1.54) is 12.1 Å².